The number of hydrogen-bond acceptors (Lipinski definition) is 3. The SMILES string of the molecule is N#C[C@@]1(c2ccccc2)C[C@H]1CN1C(=O)c2ccccc2C1=O. The van der Waals surface area contributed by atoms with Gasteiger partial charge in [-0.25, -0.2) is 0 Å². The number of amides is 2. The largest absolute Gasteiger partial charge is 0.274 e. The van der Waals surface area contributed by atoms with Crippen molar-refractivity contribution in [2.45, 2.75) is 11.8 Å². The molecule has 2 aliphatic rings. The summed E-state index contributed by atoms with van der Waals surface area (Å²) in [6.07, 6.45) is 0.681. The van der Waals surface area contributed by atoms with Crippen LogP contribution in [0.5, 0.6) is 0 Å². The lowest BCUT2D eigenvalue weighted by Gasteiger charge is -2.15. The van der Waals surface area contributed by atoms with Crippen LogP contribution < -0.4 is 0 Å². The van der Waals surface area contributed by atoms with E-state index in [0.717, 1.165) is 5.56 Å². The topological polar surface area (TPSA) is 61.2 Å². The third-order valence-electron chi connectivity index (χ3n) is 4.87. The lowest BCUT2D eigenvalue weighted by Crippen LogP contribution is -2.33. The lowest BCUT2D eigenvalue weighted by atomic mass is 9.95. The number of hydrogen-bond donors (Lipinski definition) is 0. The van der Waals surface area contributed by atoms with Gasteiger partial charge in [0.25, 0.3) is 11.8 Å². The Kier molecular flexibility index (Phi) is 2.85. The zero-order valence-electron chi connectivity index (χ0n) is 12.4. The molecule has 4 rings (SSSR count). The van der Waals surface area contributed by atoms with E-state index in [1.54, 1.807) is 24.3 Å². The molecule has 1 aliphatic heterocycles. The summed E-state index contributed by atoms with van der Waals surface area (Å²) < 4.78 is 0. The molecule has 1 saturated carbocycles. The minimum Gasteiger partial charge on any atom is -0.274 e. The van der Waals surface area contributed by atoms with Crippen molar-refractivity contribution in [3.63, 3.8) is 0 Å². The van der Waals surface area contributed by atoms with Crippen molar-refractivity contribution < 1.29 is 9.59 Å². The van der Waals surface area contributed by atoms with Crippen LogP contribution in [0.1, 0.15) is 32.7 Å². The van der Waals surface area contributed by atoms with Crippen molar-refractivity contribution >= 4 is 11.8 Å². The molecule has 2 amide bonds. The summed E-state index contributed by atoms with van der Waals surface area (Å²) in [5.41, 5.74) is 1.31. The fourth-order valence-electron chi connectivity index (χ4n) is 3.47. The van der Waals surface area contributed by atoms with E-state index < -0.39 is 5.41 Å². The quantitative estimate of drug-likeness (QED) is 0.819. The van der Waals surface area contributed by atoms with E-state index in [1.807, 2.05) is 30.3 Å². The Morgan fingerprint density at radius 3 is 2.13 bits per heavy atom. The number of benzene rings is 2. The second-order valence-electron chi connectivity index (χ2n) is 6.12. The smallest absolute Gasteiger partial charge is 0.261 e. The molecule has 0 bridgehead atoms. The molecule has 4 nitrogen and oxygen atoms in total. The summed E-state index contributed by atoms with van der Waals surface area (Å²) in [6, 6.07) is 18.9. The normalized spacial score (nSPS) is 25.2. The summed E-state index contributed by atoms with van der Waals surface area (Å²) in [5.74, 6) is -0.507. The van der Waals surface area contributed by atoms with Crippen LogP contribution in [0.15, 0.2) is 54.6 Å². The van der Waals surface area contributed by atoms with Gasteiger partial charge in [-0.15, -0.1) is 0 Å². The molecule has 0 aromatic heterocycles. The zero-order valence-corrected chi connectivity index (χ0v) is 12.4. The molecule has 0 N–H and O–H groups in total. The number of nitrogens with zero attached hydrogens (tertiary/aromatic N) is 2. The van der Waals surface area contributed by atoms with Crippen LogP contribution in [0.3, 0.4) is 0 Å². The van der Waals surface area contributed by atoms with Gasteiger partial charge < -0.3 is 0 Å². The number of carbonyl (C=O) groups is 2. The number of imide groups is 1. The standard InChI is InChI=1S/C19H14N2O2/c20-12-19(13-6-2-1-3-7-13)10-14(19)11-21-17(22)15-8-4-5-9-16(15)18(21)23/h1-9,14H,10-11H2/t14-,19+/m0/s1. The third-order valence-corrected chi connectivity index (χ3v) is 4.87. The fourth-order valence-corrected chi connectivity index (χ4v) is 3.47. The van der Waals surface area contributed by atoms with Gasteiger partial charge in [0, 0.05) is 12.5 Å². The first-order valence-electron chi connectivity index (χ1n) is 7.59. The number of nitriles is 1. The van der Waals surface area contributed by atoms with Crippen molar-refractivity contribution in [2.75, 3.05) is 6.54 Å². The summed E-state index contributed by atoms with van der Waals surface area (Å²) in [4.78, 5) is 26.1. The van der Waals surface area contributed by atoms with Gasteiger partial charge in [-0.1, -0.05) is 42.5 Å². The van der Waals surface area contributed by atoms with Crippen LogP contribution in [0, 0.1) is 17.2 Å². The van der Waals surface area contributed by atoms with Crippen LogP contribution in [-0.2, 0) is 5.41 Å². The molecule has 1 heterocycles. The van der Waals surface area contributed by atoms with E-state index in [2.05, 4.69) is 6.07 Å². The molecule has 2 atom stereocenters. The summed E-state index contributed by atoms with van der Waals surface area (Å²) in [6.45, 7) is 0.300. The van der Waals surface area contributed by atoms with Crippen LogP contribution >= 0.6 is 0 Å². The molecule has 0 saturated heterocycles. The Labute approximate surface area is 134 Å². The molecule has 0 unspecified atom stereocenters. The van der Waals surface area contributed by atoms with Crippen LogP contribution in [0.2, 0.25) is 0 Å². The van der Waals surface area contributed by atoms with E-state index >= 15 is 0 Å². The Hall–Kier alpha value is -2.93. The minimum atomic E-state index is -0.573. The Morgan fingerprint density at radius 1 is 1.00 bits per heavy atom. The molecule has 0 radical (unpaired) electrons. The highest BCUT2D eigenvalue weighted by Crippen LogP contribution is 2.54. The third kappa shape index (κ3) is 1.90. The Balaban J connectivity index is 1.59. The van der Waals surface area contributed by atoms with Gasteiger partial charge in [0.1, 0.15) is 0 Å². The maximum Gasteiger partial charge on any atom is 0.261 e. The molecule has 1 aliphatic carbocycles. The highest BCUT2D eigenvalue weighted by atomic mass is 16.2. The molecule has 2 aromatic carbocycles. The first kappa shape index (κ1) is 13.7. The van der Waals surface area contributed by atoms with Crippen molar-refractivity contribution in [3.05, 3.63) is 71.3 Å². The van der Waals surface area contributed by atoms with E-state index in [9.17, 15) is 14.9 Å². The number of carbonyl (C=O) groups excluding carboxylic acids is 2. The monoisotopic (exact) mass is 302 g/mol. The van der Waals surface area contributed by atoms with Gasteiger partial charge in [0.2, 0.25) is 0 Å². The van der Waals surface area contributed by atoms with Gasteiger partial charge in [0.05, 0.1) is 22.6 Å². The molecule has 23 heavy (non-hydrogen) atoms. The van der Waals surface area contributed by atoms with Gasteiger partial charge in [-0.05, 0) is 24.1 Å². The molecule has 0 spiro atoms. The van der Waals surface area contributed by atoms with Gasteiger partial charge in [-0.2, -0.15) is 5.26 Å². The molecule has 4 heteroatoms. The van der Waals surface area contributed by atoms with Crippen molar-refractivity contribution in [2.24, 2.45) is 5.92 Å². The summed E-state index contributed by atoms with van der Waals surface area (Å²) in [7, 11) is 0. The van der Waals surface area contributed by atoms with Crippen molar-refractivity contribution in [3.8, 4) is 6.07 Å². The lowest BCUT2D eigenvalue weighted by molar-refractivity contribution is 0.0645. The Morgan fingerprint density at radius 2 is 1.57 bits per heavy atom. The molecular weight excluding hydrogens is 288 g/mol. The average molecular weight is 302 g/mol. The predicted molar refractivity (Wildman–Crippen MR) is 83.6 cm³/mol. The number of fused-ring (bicyclic) bond motifs is 1. The fraction of sp³-hybridized carbons (Fsp3) is 0.211. The first-order chi connectivity index (χ1) is 11.2. The molecule has 112 valence electrons. The summed E-state index contributed by atoms with van der Waals surface area (Å²) in [5, 5.41) is 9.62. The van der Waals surface area contributed by atoms with Crippen molar-refractivity contribution in [1.29, 1.82) is 5.26 Å². The average Bonchev–Trinajstić information content (AvgIpc) is 3.28. The van der Waals surface area contributed by atoms with Gasteiger partial charge >= 0.3 is 0 Å². The van der Waals surface area contributed by atoms with E-state index in [4.69, 9.17) is 0 Å². The maximum atomic E-state index is 12.4. The van der Waals surface area contributed by atoms with Crippen LogP contribution in [0.4, 0.5) is 0 Å². The van der Waals surface area contributed by atoms with E-state index in [1.165, 1.54) is 4.90 Å². The summed E-state index contributed by atoms with van der Waals surface area (Å²) >= 11 is 0. The number of rotatable bonds is 3. The Bertz CT molecular complexity index is 818. The van der Waals surface area contributed by atoms with Crippen LogP contribution in [-0.4, -0.2) is 23.3 Å². The maximum absolute atomic E-state index is 12.4. The highest BCUT2D eigenvalue weighted by Gasteiger charge is 2.57. The van der Waals surface area contributed by atoms with Crippen LogP contribution in [0.25, 0.3) is 0 Å². The molecule has 1 fully saturated rings. The van der Waals surface area contributed by atoms with Crippen molar-refractivity contribution in [1.82, 2.24) is 4.90 Å². The zero-order chi connectivity index (χ0) is 16.0. The van der Waals surface area contributed by atoms with Gasteiger partial charge in [0.15, 0.2) is 0 Å². The predicted octanol–water partition coefficient (Wildman–Crippen LogP) is 2.76. The first-order valence-corrected chi connectivity index (χ1v) is 7.59. The molecular formula is C19H14N2O2. The second kappa shape index (κ2) is 4.79. The van der Waals surface area contributed by atoms with Gasteiger partial charge in [-0.3, -0.25) is 14.5 Å². The molecule has 2 aromatic rings. The van der Waals surface area contributed by atoms with E-state index in [-0.39, 0.29) is 17.7 Å². The minimum absolute atomic E-state index is 0.00267. The highest BCUT2D eigenvalue weighted by molar-refractivity contribution is 6.21. The van der Waals surface area contributed by atoms with E-state index in [0.29, 0.717) is 24.1 Å². The second-order valence-corrected chi connectivity index (χ2v) is 6.12.